The number of alkyl halides is 2. The summed E-state index contributed by atoms with van der Waals surface area (Å²) >= 11 is 5.72. The molecule has 2 fully saturated rings. The molecule has 1 aromatic carbocycles. The van der Waals surface area contributed by atoms with Crippen LogP contribution in [0.5, 0.6) is 0 Å². The quantitative estimate of drug-likeness (QED) is 0.578. The van der Waals surface area contributed by atoms with E-state index < -0.39 is 12.2 Å². The van der Waals surface area contributed by atoms with Crippen LogP contribution in [0.15, 0.2) is 36.7 Å². The molecule has 0 aliphatic carbocycles. The fourth-order valence-corrected chi connectivity index (χ4v) is 3.94. The molecule has 12 heteroatoms. The lowest BCUT2D eigenvalue weighted by Crippen LogP contribution is -2.56. The summed E-state index contributed by atoms with van der Waals surface area (Å²) in [5.74, 6) is 0.238. The van der Waals surface area contributed by atoms with Crippen molar-refractivity contribution in [3.63, 3.8) is 0 Å². The molecule has 1 N–H and O–H groups in total. The first-order chi connectivity index (χ1) is 16.0. The lowest BCUT2D eigenvalue weighted by Gasteiger charge is -2.42. The van der Waals surface area contributed by atoms with Gasteiger partial charge in [0.2, 0.25) is 5.95 Å². The van der Waals surface area contributed by atoms with E-state index in [1.54, 1.807) is 6.07 Å². The number of halogens is 4. The molecule has 2 aliphatic rings. The van der Waals surface area contributed by atoms with Gasteiger partial charge in [-0.1, -0.05) is 11.6 Å². The van der Waals surface area contributed by atoms with Crippen LogP contribution in [-0.2, 0) is 4.74 Å². The molecule has 0 bridgehead atoms. The van der Waals surface area contributed by atoms with Crippen LogP contribution >= 0.6 is 11.6 Å². The minimum absolute atomic E-state index is 0.000360. The fraction of sp³-hybridized carbons (Fsp3) is 0.381. The van der Waals surface area contributed by atoms with E-state index in [4.69, 9.17) is 16.3 Å². The third kappa shape index (κ3) is 4.75. The number of pyridine rings is 1. The average Bonchev–Trinajstić information content (AvgIpc) is 3.23. The van der Waals surface area contributed by atoms with Crippen LogP contribution in [-0.4, -0.2) is 70.1 Å². The minimum Gasteiger partial charge on any atom is -0.378 e. The molecule has 174 valence electrons. The molecule has 0 amide bonds. The summed E-state index contributed by atoms with van der Waals surface area (Å²) in [6.07, 6.45) is -1.27. The minimum atomic E-state index is -2.65. The molecule has 0 radical (unpaired) electrons. The van der Waals surface area contributed by atoms with Gasteiger partial charge >= 0.3 is 0 Å². The van der Waals surface area contributed by atoms with E-state index in [1.807, 2.05) is 4.90 Å². The lowest BCUT2D eigenvalue weighted by molar-refractivity contribution is -0.0661. The molecule has 33 heavy (non-hydrogen) atoms. The monoisotopic (exact) mass is 479 g/mol. The molecule has 0 saturated carbocycles. The zero-order valence-electron chi connectivity index (χ0n) is 17.5. The number of nitrogens with one attached hydrogen (secondary N) is 1. The maximum Gasteiger partial charge on any atom is 0.264 e. The highest BCUT2D eigenvalue weighted by atomic mass is 35.5. The van der Waals surface area contributed by atoms with Crippen molar-refractivity contribution in [1.29, 1.82) is 0 Å². The third-order valence-electron chi connectivity index (χ3n) is 5.76. The molecule has 0 atom stereocenters. The van der Waals surface area contributed by atoms with E-state index in [0.717, 1.165) is 26.3 Å². The molecule has 0 unspecified atom stereocenters. The topological polar surface area (TPSA) is 71.3 Å². The van der Waals surface area contributed by atoms with E-state index in [0.29, 0.717) is 30.6 Å². The smallest absolute Gasteiger partial charge is 0.264 e. The Morgan fingerprint density at radius 1 is 1.09 bits per heavy atom. The second kappa shape index (κ2) is 9.16. The Bertz CT molecular complexity index is 1130. The summed E-state index contributed by atoms with van der Waals surface area (Å²) in [4.78, 5) is 13.0. The van der Waals surface area contributed by atoms with Crippen LogP contribution < -0.4 is 10.2 Å². The number of nitrogens with zero attached hydrogens (tertiary/aromatic N) is 6. The summed E-state index contributed by atoms with van der Waals surface area (Å²) in [7, 11) is 0. The van der Waals surface area contributed by atoms with Gasteiger partial charge in [0.1, 0.15) is 23.8 Å². The van der Waals surface area contributed by atoms with Crippen molar-refractivity contribution in [2.24, 2.45) is 0 Å². The summed E-state index contributed by atoms with van der Waals surface area (Å²) < 4.78 is 47.5. The largest absolute Gasteiger partial charge is 0.378 e. The molecule has 5 rings (SSSR count). The van der Waals surface area contributed by atoms with Crippen molar-refractivity contribution in [1.82, 2.24) is 24.6 Å². The predicted octanol–water partition coefficient (Wildman–Crippen LogP) is 3.66. The number of benzene rings is 1. The van der Waals surface area contributed by atoms with E-state index in [1.165, 1.54) is 35.3 Å². The second-order valence-corrected chi connectivity index (χ2v) is 8.30. The van der Waals surface area contributed by atoms with Gasteiger partial charge in [-0.2, -0.15) is 4.98 Å². The summed E-state index contributed by atoms with van der Waals surface area (Å²) in [6.45, 7) is 4.50. The zero-order valence-corrected chi connectivity index (χ0v) is 18.2. The lowest BCUT2D eigenvalue weighted by atomic mass is 10.1. The SMILES string of the molecule is Fc1cc(-n2cnc(Nc3cc(C(F)F)cc(N4CCN(C5COC5)CC4)n3)n2)ccc1Cl. The van der Waals surface area contributed by atoms with Gasteiger partial charge < -0.3 is 15.0 Å². The molecule has 2 saturated heterocycles. The third-order valence-corrected chi connectivity index (χ3v) is 6.07. The van der Waals surface area contributed by atoms with Crippen molar-refractivity contribution < 1.29 is 17.9 Å². The van der Waals surface area contributed by atoms with Gasteiger partial charge in [-0.05, 0) is 24.3 Å². The maximum absolute atomic E-state index is 13.7. The average molecular weight is 480 g/mol. The van der Waals surface area contributed by atoms with Crippen molar-refractivity contribution >= 4 is 29.2 Å². The Hall–Kier alpha value is -2.89. The molecule has 3 aromatic rings. The predicted molar refractivity (Wildman–Crippen MR) is 117 cm³/mol. The summed E-state index contributed by atoms with van der Waals surface area (Å²) in [5, 5.41) is 7.11. The first kappa shape index (κ1) is 21.9. The number of rotatable bonds is 6. The maximum atomic E-state index is 13.7. The number of piperazine rings is 1. The summed E-state index contributed by atoms with van der Waals surface area (Å²) in [5.41, 5.74) is 0.277. The van der Waals surface area contributed by atoms with Crippen LogP contribution in [0, 0.1) is 5.82 Å². The van der Waals surface area contributed by atoms with Gasteiger partial charge in [-0.25, -0.2) is 22.8 Å². The van der Waals surface area contributed by atoms with Crippen LogP contribution in [0.25, 0.3) is 5.69 Å². The number of aromatic nitrogens is 4. The van der Waals surface area contributed by atoms with Gasteiger partial charge in [0.05, 0.1) is 30.0 Å². The molecule has 2 aliphatic heterocycles. The molecule has 0 spiro atoms. The van der Waals surface area contributed by atoms with Gasteiger partial charge in [0.15, 0.2) is 0 Å². The van der Waals surface area contributed by atoms with Gasteiger partial charge in [-0.3, -0.25) is 4.90 Å². The number of ether oxygens (including phenoxy) is 1. The Morgan fingerprint density at radius 3 is 2.55 bits per heavy atom. The highest BCUT2D eigenvalue weighted by Gasteiger charge is 2.29. The first-order valence-corrected chi connectivity index (χ1v) is 10.8. The van der Waals surface area contributed by atoms with Crippen LogP contribution in [0.4, 0.5) is 30.8 Å². The molecular formula is C21H21ClF3N7O. The van der Waals surface area contributed by atoms with Crippen LogP contribution in [0.1, 0.15) is 12.0 Å². The zero-order chi connectivity index (χ0) is 22.9. The van der Waals surface area contributed by atoms with E-state index in [9.17, 15) is 13.2 Å². The Morgan fingerprint density at radius 2 is 1.88 bits per heavy atom. The Balaban J connectivity index is 1.33. The first-order valence-electron chi connectivity index (χ1n) is 10.5. The van der Waals surface area contributed by atoms with Crippen LogP contribution in [0.3, 0.4) is 0 Å². The number of anilines is 3. The molecular weight excluding hydrogens is 459 g/mol. The Labute approximate surface area is 192 Å². The van der Waals surface area contributed by atoms with Gasteiger partial charge in [-0.15, -0.1) is 5.10 Å². The number of hydrogen-bond acceptors (Lipinski definition) is 7. The van der Waals surface area contributed by atoms with Crippen molar-refractivity contribution in [2.45, 2.75) is 12.5 Å². The van der Waals surface area contributed by atoms with Gasteiger partial charge in [0.25, 0.3) is 6.43 Å². The molecule has 4 heterocycles. The van der Waals surface area contributed by atoms with E-state index >= 15 is 0 Å². The van der Waals surface area contributed by atoms with Crippen molar-refractivity contribution in [3.05, 3.63) is 53.1 Å². The summed E-state index contributed by atoms with van der Waals surface area (Å²) in [6, 6.07) is 7.37. The van der Waals surface area contributed by atoms with Crippen LogP contribution in [0.2, 0.25) is 5.02 Å². The van der Waals surface area contributed by atoms with Gasteiger partial charge in [0, 0.05) is 37.8 Å². The second-order valence-electron chi connectivity index (χ2n) is 7.90. The highest BCUT2D eigenvalue weighted by molar-refractivity contribution is 6.30. The standard InChI is InChI=1S/C21H21ClF3N7O/c22-16-2-1-14(9-17(16)23)32-12-26-21(29-32)28-18-7-13(20(24)25)8-19(27-18)31-5-3-30(4-6-31)15-10-33-11-15/h1-2,7-9,12,15,20H,3-6,10-11H2,(H,27,28,29). The number of hydrogen-bond donors (Lipinski definition) is 1. The Kier molecular flexibility index (Phi) is 6.09. The van der Waals surface area contributed by atoms with Crippen molar-refractivity contribution in [3.8, 4) is 5.69 Å². The van der Waals surface area contributed by atoms with E-state index in [-0.39, 0.29) is 22.4 Å². The van der Waals surface area contributed by atoms with E-state index in [2.05, 4.69) is 25.3 Å². The highest BCUT2D eigenvalue weighted by Crippen LogP contribution is 2.28. The normalized spacial score (nSPS) is 17.4. The van der Waals surface area contributed by atoms with Crippen molar-refractivity contribution in [2.75, 3.05) is 49.6 Å². The molecule has 2 aromatic heterocycles. The fourth-order valence-electron chi connectivity index (χ4n) is 3.83. The molecule has 8 nitrogen and oxygen atoms in total.